The third-order valence-electron chi connectivity index (χ3n) is 8.36. The summed E-state index contributed by atoms with van der Waals surface area (Å²) in [6.45, 7) is 3.43. The van der Waals surface area contributed by atoms with E-state index in [1.807, 2.05) is 0 Å². The average molecular weight is 674 g/mol. The van der Waals surface area contributed by atoms with Crippen LogP contribution in [0.5, 0.6) is 5.75 Å². The molecule has 2 N–H and O–H groups in total. The Bertz CT molecular complexity index is 1880. The van der Waals surface area contributed by atoms with Crippen molar-refractivity contribution in [3.8, 4) is 5.75 Å². The van der Waals surface area contributed by atoms with Gasteiger partial charge in [0.25, 0.3) is 0 Å². The number of aromatic nitrogens is 1. The zero-order valence-corrected chi connectivity index (χ0v) is 25.8. The Morgan fingerprint density at radius 3 is 2.48 bits per heavy atom. The van der Waals surface area contributed by atoms with Crippen LogP contribution < -0.4 is 30.2 Å². The zero-order valence-electron chi connectivity index (χ0n) is 25.8. The normalized spacial score (nSPS) is 19.8. The summed E-state index contributed by atoms with van der Waals surface area (Å²) >= 11 is 0. The average Bonchev–Trinajstić information content (AvgIpc) is 3.60. The van der Waals surface area contributed by atoms with Crippen molar-refractivity contribution in [2.24, 2.45) is 0 Å². The van der Waals surface area contributed by atoms with Gasteiger partial charge in [-0.2, -0.15) is 0 Å². The molecule has 3 aromatic rings. The van der Waals surface area contributed by atoms with Crippen LogP contribution >= 0.6 is 0 Å². The molecular formula is C30H29BF4N5O8. The van der Waals surface area contributed by atoms with E-state index in [1.165, 1.54) is 47.0 Å². The molecule has 0 bridgehead atoms. The quantitative estimate of drug-likeness (QED) is 0.285. The smallest absolute Gasteiger partial charge is 0.487 e. The summed E-state index contributed by atoms with van der Waals surface area (Å²) in [5.74, 6) is -3.93. The second-order valence-electron chi connectivity index (χ2n) is 11.4. The third kappa shape index (κ3) is 6.09. The SMILES string of the molecule is CC(=O)NC[C@H]1CN(c2ccc(N(C)C3CCN(c4c(F)cc5c(=O)c(C(=O)O)cn6c5c4OCC6C)C3=O)c(F)c2)C(=O)O1.F[B]F. The molecule has 13 nitrogen and oxygen atoms in total. The molecule has 3 aliphatic heterocycles. The van der Waals surface area contributed by atoms with E-state index in [4.69, 9.17) is 9.47 Å². The first kappa shape index (κ1) is 34.1. The Morgan fingerprint density at radius 2 is 1.83 bits per heavy atom. The second kappa shape index (κ2) is 13.4. The van der Waals surface area contributed by atoms with Crippen LogP contribution in [0.25, 0.3) is 10.9 Å². The van der Waals surface area contributed by atoms with E-state index in [0.717, 1.165) is 12.1 Å². The standard InChI is InChI=1S/C30H29F2N5O8.BF2/c1-14-13-44-27-24-18(26(39)19(29(41)42)12-36(14)24)9-21(32)25(27)35-7-6-23(28(35)40)34(3)22-5-4-16(8-20(22)31)37-11-17(45-30(37)43)10-33-15(2)38;2-1-3/h4-5,8-9,12,14,17,23H,6-7,10-11,13H2,1-3H3,(H,33,38)(H,41,42);/t14?,17-,23?;/m0./s1. The lowest BCUT2D eigenvalue weighted by Gasteiger charge is -2.31. The third-order valence-corrected chi connectivity index (χ3v) is 8.36. The number of rotatable bonds is 7. The Labute approximate surface area is 270 Å². The predicted octanol–water partition coefficient (Wildman–Crippen LogP) is 3.09. The van der Waals surface area contributed by atoms with Gasteiger partial charge in [0.15, 0.2) is 11.6 Å². The number of anilines is 3. The first-order valence-corrected chi connectivity index (χ1v) is 14.6. The minimum absolute atomic E-state index is 0.0429. The molecule has 48 heavy (non-hydrogen) atoms. The topological polar surface area (TPSA) is 151 Å². The van der Waals surface area contributed by atoms with Gasteiger partial charge in [0, 0.05) is 26.7 Å². The van der Waals surface area contributed by atoms with Gasteiger partial charge in [-0.1, -0.05) is 0 Å². The number of carboxylic acids is 1. The minimum atomic E-state index is -1.44. The van der Waals surface area contributed by atoms with Crippen LogP contribution in [0.15, 0.2) is 35.3 Å². The first-order chi connectivity index (χ1) is 22.8. The molecule has 3 atom stereocenters. The Hall–Kier alpha value is -5.29. The van der Waals surface area contributed by atoms with Crippen LogP contribution in [0.3, 0.4) is 0 Å². The highest BCUT2D eigenvalue weighted by molar-refractivity contribution is 6.15. The molecule has 0 aliphatic carbocycles. The van der Waals surface area contributed by atoms with Crippen LogP contribution in [0.4, 0.5) is 39.3 Å². The molecule has 253 valence electrons. The molecule has 1 aromatic heterocycles. The number of amides is 3. The van der Waals surface area contributed by atoms with Crippen molar-refractivity contribution in [3.05, 3.63) is 57.9 Å². The summed E-state index contributed by atoms with van der Waals surface area (Å²) in [7, 11) is 0.530. The fraction of sp³-hybridized carbons (Fsp3) is 0.367. The monoisotopic (exact) mass is 674 g/mol. The molecule has 1 radical (unpaired) electrons. The van der Waals surface area contributed by atoms with Gasteiger partial charge in [0.1, 0.15) is 35.8 Å². The second-order valence-corrected chi connectivity index (χ2v) is 11.4. The Kier molecular flexibility index (Phi) is 9.54. The number of carbonyl (C=O) groups is 4. The van der Waals surface area contributed by atoms with Gasteiger partial charge in [0.05, 0.1) is 41.4 Å². The lowest BCUT2D eigenvalue weighted by molar-refractivity contribution is -0.119. The molecule has 6 rings (SSSR count). The van der Waals surface area contributed by atoms with E-state index < -0.39 is 60.6 Å². The van der Waals surface area contributed by atoms with Gasteiger partial charge >= 0.3 is 19.9 Å². The summed E-state index contributed by atoms with van der Waals surface area (Å²) in [5, 5.41) is 11.9. The molecule has 3 aliphatic rings. The van der Waals surface area contributed by atoms with Crippen molar-refractivity contribution in [1.29, 1.82) is 0 Å². The van der Waals surface area contributed by atoms with Crippen LogP contribution in [-0.2, 0) is 14.3 Å². The molecule has 0 saturated carbocycles. The fourth-order valence-electron chi connectivity index (χ4n) is 6.08. The maximum absolute atomic E-state index is 15.7. The minimum Gasteiger partial charge on any atom is -0.487 e. The van der Waals surface area contributed by atoms with Crippen molar-refractivity contribution >= 4 is 59.7 Å². The molecule has 3 amide bonds. The van der Waals surface area contributed by atoms with Crippen molar-refractivity contribution < 1.29 is 51.2 Å². The molecule has 2 unspecified atom stereocenters. The van der Waals surface area contributed by atoms with Crippen molar-refractivity contribution in [2.75, 3.05) is 48.0 Å². The van der Waals surface area contributed by atoms with E-state index in [0.29, 0.717) is 0 Å². The van der Waals surface area contributed by atoms with Gasteiger partial charge in [-0.25, -0.2) is 18.4 Å². The number of pyridine rings is 1. The van der Waals surface area contributed by atoms with Gasteiger partial charge in [0.2, 0.25) is 17.2 Å². The predicted molar refractivity (Wildman–Crippen MR) is 165 cm³/mol. The number of hydrogen-bond donors (Lipinski definition) is 2. The highest BCUT2D eigenvalue weighted by atomic mass is 19.2. The van der Waals surface area contributed by atoms with E-state index >= 15 is 8.78 Å². The fourth-order valence-corrected chi connectivity index (χ4v) is 6.08. The van der Waals surface area contributed by atoms with Gasteiger partial charge < -0.3 is 34.3 Å². The molecule has 18 heteroatoms. The van der Waals surface area contributed by atoms with Crippen LogP contribution in [0.2, 0.25) is 0 Å². The number of nitrogens with one attached hydrogen (secondary N) is 1. The van der Waals surface area contributed by atoms with Crippen LogP contribution in [-0.4, -0.2) is 86.8 Å². The molecule has 4 heterocycles. The summed E-state index contributed by atoms with van der Waals surface area (Å²) < 4.78 is 62.8. The number of hydrogen-bond acceptors (Lipinski definition) is 8. The highest BCUT2D eigenvalue weighted by Gasteiger charge is 2.41. The lowest BCUT2D eigenvalue weighted by atomic mass is 10.1. The summed E-state index contributed by atoms with van der Waals surface area (Å²) in [4.78, 5) is 65.8. The number of benzene rings is 2. The van der Waals surface area contributed by atoms with Crippen molar-refractivity contribution in [3.63, 3.8) is 0 Å². The maximum atomic E-state index is 15.7. The van der Waals surface area contributed by atoms with E-state index in [1.54, 1.807) is 11.5 Å². The number of halogens is 4. The number of likely N-dealkylation sites (N-methyl/N-ethyl adjacent to an activating group) is 1. The summed E-state index contributed by atoms with van der Waals surface area (Å²) in [6.07, 6.45) is 0.120. The van der Waals surface area contributed by atoms with E-state index in [9.17, 15) is 37.7 Å². The van der Waals surface area contributed by atoms with E-state index in [2.05, 4.69) is 5.32 Å². The number of carbonyl (C=O) groups excluding carboxylic acids is 3. The largest absolute Gasteiger partial charge is 0.577 e. The molecular weight excluding hydrogens is 645 g/mol. The van der Waals surface area contributed by atoms with Crippen molar-refractivity contribution in [1.82, 2.24) is 9.88 Å². The summed E-state index contributed by atoms with van der Waals surface area (Å²) in [6, 6.07) is 3.76. The Balaban J connectivity index is 0.00000145. The molecule has 0 spiro atoms. The molecule has 2 saturated heterocycles. The van der Waals surface area contributed by atoms with Gasteiger partial charge in [-0.3, -0.25) is 27.9 Å². The maximum Gasteiger partial charge on any atom is 0.577 e. The number of aromatic carboxylic acids is 1. The van der Waals surface area contributed by atoms with Gasteiger partial charge in [-0.15, -0.1) is 0 Å². The zero-order chi connectivity index (χ0) is 35.0. The highest BCUT2D eigenvalue weighted by Crippen LogP contribution is 2.43. The number of ether oxygens (including phenoxy) is 2. The number of cyclic esters (lactones) is 1. The number of carboxylic acid groups (broad SMARTS) is 1. The molecule has 2 fully saturated rings. The molecule has 2 aromatic carbocycles. The van der Waals surface area contributed by atoms with Gasteiger partial charge in [-0.05, 0) is 37.6 Å². The van der Waals surface area contributed by atoms with Crippen LogP contribution in [0, 0.1) is 11.6 Å². The Morgan fingerprint density at radius 1 is 1.12 bits per heavy atom. The first-order valence-electron chi connectivity index (χ1n) is 14.6. The van der Waals surface area contributed by atoms with E-state index in [-0.39, 0.29) is 78.3 Å². The number of nitrogens with zero attached hydrogens (tertiary/aromatic N) is 4. The summed E-state index contributed by atoms with van der Waals surface area (Å²) in [5.41, 5.74) is -1.06. The van der Waals surface area contributed by atoms with Crippen molar-refractivity contribution in [2.45, 2.75) is 38.5 Å². The van der Waals surface area contributed by atoms with Crippen LogP contribution in [0.1, 0.15) is 36.7 Å². The lowest BCUT2D eigenvalue weighted by Crippen LogP contribution is -2.40.